The summed E-state index contributed by atoms with van der Waals surface area (Å²) >= 11 is 1.45. The molecule has 0 aliphatic carbocycles. The average molecular weight is 351 g/mol. The normalized spacial score (nSPS) is 11.3. The number of nitrogens with one attached hydrogen (secondary N) is 1. The summed E-state index contributed by atoms with van der Waals surface area (Å²) in [6.07, 6.45) is -1.25. The van der Waals surface area contributed by atoms with E-state index in [4.69, 9.17) is 0 Å². The molecule has 8 heteroatoms. The topological polar surface area (TPSA) is 47.0 Å². The third-order valence-corrected chi connectivity index (χ3v) is 3.86. The van der Waals surface area contributed by atoms with Crippen molar-refractivity contribution in [1.29, 1.82) is 0 Å². The third kappa shape index (κ3) is 4.45. The van der Waals surface area contributed by atoms with E-state index in [1.54, 1.807) is 24.5 Å². The number of ether oxygens (including phenoxy) is 1. The van der Waals surface area contributed by atoms with Gasteiger partial charge >= 0.3 is 6.36 Å². The lowest BCUT2D eigenvalue weighted by Crippen LogP contribution is -2.17. The van der Waals surface area contributed by atoms with Crippen LogP contribution < -0.4 is 10.1 Å². The summed E-state index contributed by atoms with van der Waals surface area (Å²) in [4.78, 5) is 8.51. The maximum absolute atomic E-state index is 12.1. The highest BCUT2D eigenvalue weighted by molar-refractivity contribution is 7.14. The molecular weight excluding hydrogens is 339 g/mol. The number of nitrogens with zero attached hydrogens (tertiary/aromatic N) is 2. The van der Waals surface area contributed by atoms with Gasteiger partial charge in [-0.3, -0.25) is 4.98 Å². The van der Waals surface area contributed by atoms with Crippen LogP contribution in [0.2, 0.25) is 0 Å². The predicted octanol–water partition coefficient (Wildman–Crippen LogP) is 4.72. The van der Waals surface area contributed by atoms with Gasteiger partial charge in [0.05, 0.1) is 5.69 Å². The van der Waals surface area contributed by atoms with Crippen LogP contribution in [0.25, 0.3) is 11.3 Å². The van der Waals surface area contributed by atoms with E-state index < -0.39 is 6.36 Å². The van der Waals surface area contributed by atoms with Crippen LogP contribution >= 0.6 is 11.3 Å². The molecular formula is C16H12F3N3OS. The van der Waals surface area contributed by atoms with Gasteiger partial charge in [0.1, 0.15) is 5.75 Å². The zero-order chi connectivity index (χ0) is 17.0. The smallest absolute Gasteiger partial charge is 0.406 e. The maximum Gasteiger partial charge on any atom is 0.573 e. The van der Waals surface area contributed by atoms with Gasteiger partial charge in [0, 0.05) is 29.9 Å². The Balaban J connectivity index is 1.59. The first-order chi connectivity index (χ1) is 11.5. The number of rotatable bonds is 5. The van der Waals surface area contributed by atoms with Crippen molar-refractivity contribution in [2.45, 2.75) is 12.9 Å². The summed E-state index contributed by atoms with van der Waals surface area (Å²) in [6.45, 7) is 0.451. The van der Waals surface area contributed by atoms with Gasteiger partial charge < -0.3 is 10.1 Å². The number of alkyl halides is 3. The second-order valence-corrected chi connectivity index (χ2v) is 5.68. The summed E-state index contributed by atoms with van der Waals surface area (Å²) in [7, 11) is 0. The molecule has 0 radical (unpaired) electrons. The van der Waals surface area contributed by atoms with Gasteiger partial charge in [0.15, 0.2) is 5.13 Å². The largest absolute Gasteiger partial charge is 0.573 e. The molecule has 3 aromatic rings. The number of thiazole rings is 1. The number of hydrogen-bond donors (Lipinski definition) is 1. The Kier molecular flexibility index (Phi) is 4.66. The van der Waals surface area contributed by atoms with Gasteiger partial charge in [-0.2, -0.15) is 0 Å². The molecule has 4 nitrogen and oxygen atoms in total. The van der Waals surface area contributed by atoms with Crippen LogP contribution in [0.1, 0.15) is 5.56 Å². The van der Waals surface area contributed by atoms with Crippen molar-refractivity contribution < 1.29 is 17.9 Å². The van der Waals surface area contributed by atoms with Gasteiger partial charge in [-0.05, 0) is 29.8 Å². The molecule has 0 fully saturated rings. The van der Waals surface area contributed by atoms with E-state index in [1.807, 2.05) is 17.5 Å². The fourth-order valence-corrected chi connectivity index (χ4v) is 2.71. The van der Waals surface area contributed by atoms with Crippen molar-refractivity contribution >= 4 is 16.5 Å². The zero-order valence-electron chi connectivity index (χ0n) is 12.2. The van der Waals surface area contributed by atoms with Crippen LogP contribution in [0.4, 0.5) is 18.3 Å². The van der Waals surface area contributed by atoms with Gasteiger partial charge in [-0.25, -0.2) is 4.98 Å². The van der Waals surface area contributed by atoms with E-state index in [1.165, 1.54) is 23.5 Å². The third-order valence-electron chi connectivity index (χ3n) is 3.06. The summed E-state index contributed by atoms with van der Waals surface area (Å²) in [6, 6.07) is 9.48. The van der Waals surface area contributed by atoms with Crippen LogP contribution in [0.3, 0.4) is 0 Å². The van der Waals surface area contributed by atoms with Gasteiger partial charge in [0.25, 0.3) is 0 Å². The zero-order valence-corrected chi connectivity index (χ0v) is 13.1. The molecule has 0 aliphatic rings. The molecule has 2 aromatic heterocycles. The molecule has 124 valence electrons. The van der Waals surface area contributed by atoms with Crippen molar-refractivity contribution in [2.75, 3.05) is 5.32 Å². The highest BCUT2D eigenvalue weighted by Crippen LogP contribution is 2.25. The Morgan fingerprint density at radius 1 is 1.12 bits per heavy atom. The molecule has 0 saturated heterocycles. The van der Waals surface area contributed by atoms with E-state index in [9.17, 15) is 13.2 Å². The summed E-state index contributed by atoms with van der Waals surface area (Å²) in [5.41, 5.74) is 2.57. The number of aromatic nitrogens is 2. The lowest BCUT2D eigenvalue weighted by atomic mass is 10.2. The Bertz CT molecular complexity index is 788. The molecule has 1 aromatic carbocycles. The first-order valence-electron chi connectivity index (χ1n) is 6.94. The molecule has 0 saturated carbocycles. The van der Waals surface area contributed by atoms with E-state index in [-0.39, 0.29) is 5.75 Å². The Hall–Kier alpha value is -2.61. The Morgan fingerprint density at radius 3 is 2.58 bits per heavy atom. The van der Waals surface area contributed by atoms with Crippen LogP contribution in [0.5, 0.6) is 5.75 Å². The number of hydrogen-bond acceptors (Lipinski definition) is 5. The quantitative estimate of drug-likeness (QED) is 0.723. The predicted molar refractivity (Wildman–Crippen MR) is 85.8 cm³/mol. The van der Waals surface area contributed by atoms with E-state index in [2.05, 4.69) is 20.0 Å². The minimum absolute atomic E-state index is 0.237. The average Bonchev–Trinajstić information content (AvgIpc) is 3.03. The number of anilines is 1. The summed E-state index contributed by atoms with van der Waals surface area (Å²) < 4.78 is 40.2. The van der Waals surface area contributed by atoms with Crippen LogP contribution in [-0.4, -0.2) is 16.3 Å². The first-order valence-corrected chi connectivity index (χ1v) is 7.82. The van der Waals surface area contributed by atoms with Crippen LogP contribution in [0.15, 0.2) is 54.2 Å². The van der Waals surface area contributed by atoms with Gasteiger partial charge in [-0.15, -0.1) is 24.5 Å². The fourth-order valence-electron chi connectivity index (χ4n) is 1.99. The molecule has 0 amide bonds. The molecule has 0 spiro atoms. The molecule has 0 atom stereocenters. The number of halogens is 3. The molecule has 24 heavy (non-hydrogen) atoms. The standard InChI is InChI=1S/C16H12F3N3OS/c17-16(18,19)23-13-5-3-11(4-6-13)8-21-15-22-14(10-24-15)12-2-1-7-20-9-12/h1-7,9-10H,8H2,(H,21,22). The maximum atomic E-state index is 12.1. The number of benzene rings is 1. The molecule has 1 N–H and O–H groups in total. The fraction of sp³-hybridized carbons (Fsp3) is 0.125. The lowest BCUT2D eigenvalue weighted by Gasteiger charge is -2.09. The highest BCUT2D eigenvalue weighted by Gasteiger charge is 2.30. The van der Waals surface area contributed by atoms with Crippen molar-refractivity contribution in [3.05, 3.63) is 59.7 Å². The van der Waals surface area contributed by atoms with Gasteiger partial charge in [-0.1, -0.05) is 12.1 Å². The molecule has 2 heterocycles. The molecule has 0 unspecified atom stereocenters. The van der Waals surface area contributed by atoms with Crippen molar-refractivity contribution in [2.24, 2.45) is 0 Å². The van der Waals surface area contributed by atoms with E-state index in [0.29, 0.717) is 6.54 Å². The van der Waals surface area contributed by atoms with Crippen molar-refractivity contribution in [3.63, 3.8) is 0 Å². The minimum atomic E-state index is -4.68. The van der Waals surface area contributed by atoms with Crippen LogP contribution in [0, 0.1) is 0 Å². The van der Waals surface area contributed by atoms with Crippen molar-refractivity contribution in [1.82, 2.24) is 9.97 Å². The van der Waals surface area contributed by atoms with Crippen molar-refractivity contribution in [3.8, 4) is 17.0 Å². The molecule has 0 bridgehead atoms. The highest BCUT2D eigenvalue weighted by atomic mass is 32.1. The summed E-state index contributed by atoms with van der Waals surface area (Å²) in [5, 5.41) is 5.79. The SMILES string of the molecule is FC(F)(F)Oc1ccc(CNc2nc(-c3cccnc3)cs2)cc1. The number of pyridine rings is 1. The van der Waals surface area contributed by atoms with E-state index >= 15 is 0 Å². The Morgan fingerprint density at radius 2 is 1.92 bits per heavy atom. The second-order valence-electron chi connectivity index (χ2n) is 4.82. The van der Waals surface area contributed by atoms with Gasteiger partial charge in [0.2, 0.25) is 0 Å². The monoisotopic (exact) mass is 351 g/mol. The minimum Gasteiger partial charge on any atom is -0.406 e. The summed E-state index contributed by atoms with van der Waals surface area (Å²) in [5.74, 6) is -0.237. The van der Waals surface area contributed by atoms with Crippen LogP contribution in [-0.2, 0) is 6.54 Å². The molecule has 0 aliphatic heterocycles. The lowest BCUT2D eigenvalue weighted by molar-refractivity contribution is -0.274. The first kappa shape index (κ1) is 16.3. The Labute approximate surface area is 140 Å². The molecule has 3 rings (SSSR count). The van der Waals surface area contributed by atoms with E-state index in [0.717, 1.165) is 22.0 Å². The second kappa shape index (κ2) is 6.88.